The van der Waals surface area contributed by atoms with Crippen LogP contribution >= 0.6 is 0 Å². The lowest BCUT2D eigenvalue weighted by molar-refractivity contribution is 0.667. The van der Waals surface area contributed by atoms with E-state index in [1.807, 2.05) is 0 Å². The third-order valence-electron chi connectivity index (χ3n) is 2.79. The monoisotopic (exact) mass is 195 g/mol. The lowest BCUT2D eigenvalue weighted by Gasteiger charge is -2.14. The van der Waals surface area contributed by atoms with Crippen LogP contribution in [0.25, 0.3) is 0 Å². The zero-order chi connectivity index (χ0) is 10.6. The number of rotatable bonds is 5. The van der Waals surface area contributed by atoms with Gasteiger partial charge >= 0.3 is 0 Å². The van der Waals surface area contributed by atoms with Gasteiger partial charge in [-0.05, 0) is 26.2 Å². The van der Waals surface area contributed by atoms with E-state index < -0.39 is 0 Å². The first-order valence-electron chi connectivity index (χ1n) is 5.53. The highest BCUT2D eigenvalue weighted by molar-refractivity contribution is 5.46. The van der Waals surface area contributed by atoms with Crippen LogP contribution in [0.2, 0.25) is 0 Å². The van der Waals surface area contributed by atoms with Crippen LogP contribution in [0.15, 0.2) is 0 Å². The molecule has 0 aliphatic heterocycles. The first-order valence-corrected chi connectivity index (χ1v) is 5.53. The van der Waals surface area contributed by atoms with Crippen LogP contribution in [0.5, 0.6) is 0 Å². The number of anilines is 1. The molecule has 0 spiro atoms. The van der Waals surface area contributed by atoms with E-state index in [1.54, 1.807) is 0 Å². The van der Waals surface area contributed by atoms with Gasteiger partial charge in [-0.2, -0.15) is 5.10 Å². The molecule has 0 aliphatic carbocycles. The molecule has 0 saturated heterocycles. The molecule has 1 rings (SSSR count). The molecule has 0 fully saturated rings. The van der Waals surface area contributed by atoms with E-state index >= 15 is 0 Å². The zero-order valence-corrected chi connectivity index (χ0v) is 9.65. The van der Waals surface area contributed by atoms with E-state index in [9.17, 15) is 0 Å². The van der Waals surface area contributed by atoms with Gasteiger partial charge in [-0.1, -0.05) is 20.8 Å². The number of H-pyrrole nitrogens is 1. The summed E-state index contributed by atoms with van der Waals surface area (Å²) >= 11 is 0. The molecular weight excluding hydrogens is 174 g/mol. The average molecular weight is 195 g/mol. The summed E-state index contributed by atoms with van der Waals surface area (Å²) in [5.41, 5.74) is 2.50. The lowest BCUT2D eigenvalue weighted by atomic mass is 10.1. The van der Waals surface area contributed by atoms with Gasteiger partial charge in [-0.15, -0.1) is 0 Å². The minimum absolute atomic E-state index is 0.543. The van der Waals surface area contributed by atoms with E-state index in [0.717, 1.165) is 25.1 Å². The molecule has 2 N–H and O–H groups in total. The summed E-state index contributed by atoms with van der Waals surface area (Å²) in [6.45, 7) is 8.65. The van der Waals surface area contributed by atoms with Crippen molar-refractivity contribution in [3.8, 4) is 0 Å². The van der Waals surface area contributed by atoms with Crippen LogP contribution in [0.3, 0.4) is 0 Å². The molecular formula is C11H21N3. The molecule has 0 saturated carbocycles. The standard InChI is InChI=1S/C11H21N3/c1-5-9(6-2)12-11-8(4)10(7-3)13-14-11/h9H,5-7H2,1-4H3,(H2,12,13,14). The van der Waals surface area contributed by atoms with Crippen molar-refractivity contribution in [3.63, 3.8) is 0 Å². The summed E-state index contributed by atoms with van der Waals surface area (Å²) < 4.78 is 0. The highest BCUT2D eigenvalue weighted by Gasteiger charge is 2.10. The Morgan fingerprint density at radius 2 is 1.93 bits per heavy atom. The number of nitrogens with zero attached hydrogens (tertiary/aromatic N) is 1. The maximum Gasteiger partial charge on any atom is 0.151 e. The topological polar surface area (TPSA) is 40.7 Å². The van der Waals surface area contributed by atoms with E-state index in [-0.39, 0.29) is 0 Å². The molecule has 0 aliphatic rings. The Kier molecular flexibility index (Phi) is 3.98. The van der Waals surface area contributed by atoms with Gasteiger partial charge in [0.05, 0.1) is 0 Å². The fourth-order valence-corrected chi connectivity index (χ4v) is 1.60. The van der Waals surface area contributed by atoms with Crippen molar-refractivity contribution in [2.75, 3.05) is 5.32 Å². The number of aromatic amines is 1. The van der Waals surface area contributed by atoms with Gasteiger partial charge in [0.15, 0.2) is 5.82 Å². The maximum absolute atomic E-state index is 4.29. The molecule has 0 atom stereocenters. The van der Waals surface area contributed by atoms with E-state index in [0.29, 0.717) is 6.04 Å². The molecule has 0 bridgehead atoms. The van der Waals surface area contributed by atoms with Gasteiger partial charge in [0, 0.05) is 17.3 Å². The van der Waals surface area contributed by atoms with E-state index in [4.69, 9.17) is 0 Å². The van der Waals surface area contributed by atoms with E-state index in [2.05, 4.69) is 43.2 Å². The van der Waals surface area contributed by atoms with Crippen molar-refractivity contribution in [2.45, 2.75) is 53.0 Å². The average Bonchev–Trinajstić information content (AvgIpc) is 2.56. The van der Waals surface area contributed by atoms with Gasteiger partial charge in [-0.3, -0.25) is 5.10 Å². The van der Waals surface area contributed by atoms with Gasteiger partial charge in [0.2, 0.25) is 0 Å². The Labute approximate surface area is 86.3 Å². The second-order valence-corrected chi connectivity index (χ2v) is 3.69. The lowest BCUT2D eigenvalue weighted by Crippen LogP contribution is -2.17. The summed E-state index contributed by atoms with van der Waals surface area (Å²) in [6.07, 6.45) is 3.30. The summed E-state index contributed by atoms with van der Waals surface area (Å²) in [5, 5.41) is 10.8. The Hall–Kier alpha value is -0.990. The number of hydrogen-bond donors (Lipinski definition) is 2. The van der Waals surface area contributed by atoms with Crippen LogP contribution < -0.4 is 5.32 Å². The predicted molar refractivity (Wildman–Crippen MR) is 60.7 cm³/mol. The highest BCUT2D eigenvalue weighted by atomic mass is 15.2. The first kappa shape index (κ1) is 11.1. The molecule has 14 heavy (non-hydrogen) atoms. The van der Waals surface area contributed by atoms with Gasteiger partial charge in [-0.25, -0.2) is 0 Å². The van der Waals surface area contributed by atoms with Crippen molar-refractivity contribution in [1.29, 1.82) is 0 Å². The largest absolute Gasteiger partial charge is 0.366 e. The van der Waals surface area contributed by atoms with Crippen LogP contribution in [0, 0.1) is 6.92 Å². The molecule has 1 aromatic rings. The van der Waals surface area contributed by atoms with Crippen LogP contribution in [-0.2, 0) is 6.42 Å². The Morgan fingerprint density at radius 3 is 2.36 bits per heavy atom. The number of aromatic nitrogens is 2. The number of hydrogen-bond acceptors (Lipinski definition) is 2. The summed E-state index contributed by atoms with van der Waals surface area (Å²) in [7, 11) is 0. The molecule has 0 radical (unpaired) electrons. The minimum Gasteiger partial charge on any atom is -0.366 e. The van der Waals surface area contributed by atoms with Crippen LogP contribution in [0.1, 0.15) is 44.9 Å². The second-order valence-electron chi connectivity index (χ2n) is 3.69. The smallest absolute Gasteiger partial charge is 0.151 e. The molecule has 1 aromatic heterocycles. The van der Waals surface area contributed by atoms with Crippen LogP contribution in [-0.4, -0.2) is 16.2 Å². The zero-order valence-electron chi connectivity index (χ0n) is 9.65. The molecule has 0 unspecified atom stereocenters. The first-order chi connectivity index (χ1) is 6.72. The Bertz CT molecular complexity index is 274. The molecule has 0 aromatic carbocycles. The normalized spacial score (nSPS) is 10.9. The van der Waals surface area contributed by atoms with Crippen LogP contribution in [0.4, 0.5) is 5.82 Å². The highest BCUT2D eigenvalue weighted by Crippen LogP contribution is 2.17. The fraction of sp³-hybridized carbons (Fsp3) is 0.727. The molecule has 3 heteroatoms. The maximum atomic E-state index is 4.29. The molecule has 0 amide bonds. The predicted octanol–water partition coefficient (Wildman–Crippen LogP) is 2.88. The van der Waals surface area contributed by atoms with E-state index in [1.165, 1.54) is 11.3 Å². The SMILES string of the molecule is CCc1[nH]nc(NC(CC)CC)c1C. The second kappa shape index (κ2) is 5.03. The molecule has 80 valence electrons. The minimum atomic E-state index is 0.543. The molecule has 3 nitrogen and oxygen atoms in total. The Morgan fingerprint density at radius 1 is 1.29 bits per heavy atom. The van der Waals surface area contributed by atoms with Crippen molar-refractivity contribution >= 4 is 5.82 Å². The summed E-state index contributed by atoms with van der Waals surface area (Å²) in [4.78, 5) is 0. The van der Waals surface area contributed by atoms with Gasteiger partial charge in [0.1, 0.15) is 0 Å². The quantitative estimate of drug-likeness (QED) is 0.758. The van der Waals surface area contributed by atoms with Gasteiger partial charge < -0.3 is 5.32 Å². The third kappa shape index (κ3) is 2.28. The summed E-state index contributed by atoms with van der Waals surface area (Å²) in [5.74, 6) is 1.02. The Balaban J connectivity index is 2.71. The number of nitrogens with one attached hydrogen (secondary N) is 2. The number of aryl methyl sites for hydroxylation is 1. The van der Waals surface area contributed by atoms with Crippen molar-refractivity contribution < 1.29 is 0 Å². The van der Waals surface area contributed by atoms with Crippen molar-refractivity contribution in [2.24, 2.45) is 0 Å². The third-order valence-corrected chi connectivity index (χ3v) is 2.79. The molecule has 1 heterocycles. The van der Waals surface area contributed by atoms with Crippen molar-refractivity contribution in [1.82, 2.24) is 10.2 Å². The van der Waals surface area contributed by atoms with Crippen molar-refractivity contribution in [3.05, 3.63) is 11.3 Å². The van der Waals surface area contributed by atoms with Gasteiger partial charge in [0.25, 0.3) is 0 Å². The fourth-order valence-electron chi connectivity index (χ4n) is 1.60. The summed E-state index contributed by atoms with van der Waals surface area (Å²) in [6, 6.07) is 0.543.